The summed E-state index contributed by atoms with van der Waals surface area (Å²) < 4.78 is 0. The van der Waals surface area contributed by atoms with Crippen LogP contribution in [0.25, 0.3) is 0 Å². The van der Waals surface area contributed by atoms with Gasteiger partial charge in [0, 0.05) is 6.54 Å². The first-order chi connectivity index (χ1) is 10.3. The number of β-amino-alcohol motifs (C(OH)–C–C–N with tert-alkyl or cyclic N) is 1. The molecule has 0 radical (unpaired) electrons. The summed E-state index contributed by atoms with van der Waals surface area (Å²) in [6.45, 7) is 8.02. The van der Waals surface area contributed by atoms with Gasteiger partial charge < -0.3 is 10.2 Å². The standard InChI is InChI=1S/C18H37NO3/c1-5-6-7-8-9-10-11-12-13-16(20)14-19-18(4,15(2)3)17(21)22/h15-16,19-20H,5-14H2,1-4H3,(H,21,22). The Morgan fingerprint density at radius 3 is 2.00 bits per heavy atom. The van der Waals surface area contributed by atoms with Crippen molar-refractivity contribution in [2.45, 2.75) is 97.1 Å². The number of hydrogen-bond acceptors (Lipinski definition) is 3. The molecule has 0 aliphatic rings. The molecule has 0 spiro atoms. The van der Waals surface area contributed by atoms with Gasteiger partial charge in [0.1, 0.15) is 5.54 Å². The number of carboxylic acids is 1. The fraction of sp³-hybridized carbons (Fsp3) is 0.944. The molecule has 22 heavy (non-hydrogen) atoms. The number of unbranched alkanes of at least 4 members (excludes halogenated alkanes) is 7. The second-order valence-electron chi connectivity index (χ2n) is 6.96. The van der Waals surface area contributed by atoms with E-state index in [1.807, 2.05) is 13.8 Å². The minimum absolute atomic E-state index is 0.0275. The Kier molecular flexibility index (Phi) is 11.6. The van der Waals surface area contributed by atoms with Gasteiger partial charge in [0.25, 0.3) is 0 Å². The topological polar surface area (TPSA) is 69.6 Å². The van der Waals surface area contributed by atoms with Gasteiger partial charge in [-0.2, -0.15) is 0 Å². The Labute approximate surface area is 136 Å². The molecule has 132 valence electrons. The quantitative estimate of drug-likeness (QED) is 0.424. The number of aliphatic hydroxyl groups is 1. The second-order valence-corrected chi connectivity index (χ2v) is 6.96. The summed E-state index contributed by atoms with van der Waals surface area (Å²) in [6.07, 6.45) is 10.3. The fourth-order valence-electron chi connectivity index (χ4n) is 2.47. The van der Waals surface area contributed by atoms with Crippen LogP contribution in [0.15, 0.2) is 0 Å². The Morgan fingerprint density at radius 1 is 1.05 bits per heavy atom. The van der Waals surface area contributed by atoms with Crippen molar-refractivity contribution >= 4 is 5.97 Å². The van der Waals surface area contributed by atoms with Gasteiger partial charge in [0.05, 0.1) is 6.10 Å². The van der Waals surface area contributed by atoms with E-state index in [0.717, 1.165) is 19.3 Å². The van der Waals surface area contributed by atoms with Gasteiger partial charge in [-0.15, -0.1) is 0 Å². The van der Waals surface area contributed by atoms with Crippen molar-refractivity contribution in [3.05, 3.63) is 0 Å². The van der Waals surface area contributed by atoms with Crippen molar-refractivity contribution in [2.75, 3.05) is 6.54 Å². The maximum absolute atomic E-state index is 11.3. The first kappa shape index (κ1) is 21.4. The molecule has 0 saturated carbocycles. The Hall–Kier alpha value is -0.610. The van der Waals surface area contributed by atoms with Crippen LogP contribution in [0, 0.1) is 5.92 Å². The van der Waals surface area contributed by atoms with Crippen molar-refractivity contribution in [1.82, 2.24) is 5.32 Å². The average Bonchev–Trinajstić information content (AvgIpc) is 2.47. The van der Waals surface area contributed by atoms with E-state index in [-0.39, 0.29) is 5.92 Å². The Bertz CT molecular complexity index is 294. The monoisotopic (exact) mass is 315 g/mol. The number of carboxylic acid groups (broad SMARTS) is 1. The Balaban J connectivity index is 3.73. The van der Waals surface area contributed by atoms with Gasteiger partial charge >= 0.3 is 5.97 Å². The van der Waals surface area contributed by atoms with Crippen LogP contribution in [-0.4, -0.2) is 34.4 Å². The summed E-state index contributed by atoms with van der Waals surface area (Å²) in [6, 6.07) is 0. The Morgan fingerprint density at radius 2 is 1.55 bits per heavy atom. The van der Waals surface area contributed by atoms with Crippen LogP contribution in [-0.2, 0) is 4.79 Å². The highest BCUT2D eigenvalue weighted by atomic mass is 16.4. The predicted molar refractivity (Wildman–Crippen MR) is 92.1 cm³/mol. The molecule has 4 heteroatoms. The van der Waals surface area contributed by atoms with Gasteiger partial charge in [-0.3, -0.25) is 10.1 Å². The molecule has 4 nitrogen and oxygen atoms in total. The van der Waals surface area contributed by atoms with E-state index in [9.17, 15) is 15.0 Å². The average molecular weight is 315 g/mol. The van der Waals surface area contributed by atoms with E-state index >= 15 is 0 Å². The maximum atomic E-state index is 11.3. The van der Waals surface area contributed by atoms with E-state index < -0.39 is 17.6 Å². The minimum atomic E-state index is -0.972. The summed E-state index contributed by atoms with van der Waals surface area (Å²) in [7, 11) is 0. The van der Waals surface area contributed by atoms with E-state index in [0.29, 0.717) is 6.54 Å². The van der Waals surface area contributed by atoms with E-state index in [2.05, 4.69) is 12.2 Å². The lowest BCUT2D eigenvalue weighted by atomic mass is 9.88. The molecule has 0 amide bonds. The molecule has 0 aromatic rings. The number of hydrogen-bond donors (Lipinski definition) is 3. The largest absolute Gasteiger partial charge is 0.480 e. The molecule has 2 unspecified atom stereocenters. The lowest BCUT2D eigenvalue weighted by Crippen LogP contribution is -2.55. The molecule has 0 aliphatic heterocycles. The summed E-state index contributed by atoms with van der Waals surface area (Å²) in [5.74, 6) is -0.887. The molecule has 0 rings (SSSR count). The molecule has 0 fully saturated rings. The van der Waals surface area contributed by atoms with Gasteiger partial charge in [-0.1, -0.05) is 72.1 Å². The summed E-state index contributed by atoms with van der Waals surface area (Å²) in [5.41, 5.74) is -0.972. The van der Waals surface area contributed by atoms with E-state index in [4.69, 9.17) is 0 Å². The summed E-state index contributed by atoms with van der Waals surface area (Å²) in [5, 5.41) is 22.3. The number of aliphatic hydroxyl groups excluding tert-OH is 1. The van der Waals surface area contributed by atoms with Crippen LogP contribution in [0.2, 0.25) is 0 Å². The van der Waals surface area contributed by atoms with Crippen molar-refractivity contribution in [2.24, 2.45) is 5.92 Å². The first-order valence-corrected chi connectivity index (χ1v) is 9.01. The van der Waals surface area contributed by atoms with Gasteiger partial charge in [0.15, 0.2) is 0 Å². The van der Waals surface area contributed by atoms with Gasteiger partial charge in [-0.05, 0) is 19.3 Å². The highest BCUT2D eigenvalue weighted by Crippen LogP contribution is 2.17. The maximum Gasteiger partial charge on any atom is 0.323 e. The van der Waals surface area contributed by atoms with Crippen LogP contribution in [0.3, 0.4) is 0 Å². The van der Waals surface area contributed by atoms with Crippen molar-refractivity contribution < 1.29 is 15.0 Å². The molecule has 0 bridgehead atoms. The fourth-order valence-corrected chi connectivity index (χ4v) is 2.47. The molecule has 0 saturated heterocycles. The third kappa shape index (κ3) is 8.74. The zero-order chi connectivity index (χ0) is 17.0. The SMILES string of the molecule is CCCCCCCCCCC(O)CNC(C)(C(=O)O)C(C)C. The number of carbonyl (C=O) groups is 1. The predicted octanol–water partition coefficient (Wildman–Crippen LogP) is 3.97. The lowest BCUT2D eigenvalue weighted by Gasteiger charge is -2.31. The summed E-state index contributed by atoms with van der Waals surface area (Å²) in [4.78, 5) is 11.3. The van der Waals surface area contributed by atoms with Crippen molar-refractivity contribution in [1.29, 1.82) is 0 Å². The van der Waals surface area contributed by atoms with Crippen LogP contribution < -0.4 is 5.32 Å². The van der Waals surface area contributed by atoms with Gasteiger partial charge in [0.2, 0.25) is 0 Å². The molecular weight excluding hydrogens is 278 g/mol. The molecule has 0 heterocycles. The number of rotatable bonds is 14. The molecule has 0 aromatic carbocycles. The van der Waals surface area contributed by atoms with Gasteiger partial charge in [-0.25, -0.2) is 0 Å². The normalized spacial score (nSPS) is 15.7. The van der Waals surface area contributed by atoms with E-state index in [1.165, 1.54) is 38.5 Å². The lowest BCUT2D eigenvalue weighted by molar-refractivity contribution is -0.146. The van der Waals surface area contributed by atoms with Crippen molar-refractivity contribution in [3.8, 4) is 0 Å². The van der Waals surface area contributed by atoms with Crippen molar-refractivity contribution in [3.63, 3.8) is 0 Å². The highest BCUT2D eigenvalue weighted by Gasteiger charge is 2.36. The molecular formula is C18H37NO3. The van der Waals surface area contributed by atoms with E-state index in [1.54, 1.807) is 6.92 Å². The van der Waals surface area contributed by atoms with Crippen LogP contribution >= 0.6 is 0 Å². The third-order valence-electron chi connectivity index (χ3n) is 4.69. The van der Waals surface area contributed by atoms with Crippen LogP contribution in [0.4, 0.5) is 0 Å². The smallest absolute Gasteiger partial charge is 0.323 e. The molecule has 0 aromatic heterocycles. The van der Waals surface area contributed by atoms with Crippen LogP contribution in [0.5, 0.6) is 0 Å². The summed E-state index contributed by atoms with van der Waals surface area (Å²) >= 11 is 0. The zero-order valence-electron chi connectivity index (χ0n) is 15.0. The van der Waals surface area contributed by atoms with Crippen LogP contribution in [0.1, 0.15) is 85.5 Å². The minimum Gasteiger partial charge on any atom is -0.480 e. The third-order valence-corrected chi connectivity index (χ3v) is 4.69. The number of nitrogens with one attached hydrogen (secondary N) is 1. The number of aliphatic carboxylic acids is 1. The molecule has 2 atom stereocenters. The first-order valence-electron chi connectivity index (χ1n) is 9.01. The molecule has 0 aliphatic carbocycles. The molecule has 3 N–H and O–H groups in total. The second kappa shape index (κ2) is 11.9. The zero-order valence-corrected chi connectivity index (χ0v) is 15.0. The highest BCUT2D eigenvalue weighted by molar-refractivity contribution is 5.78.